The summed E-state index contributed by atoms with van der Waals surface area (Å²) in [5, 5.41) is 27.3. The van der Waals surface area contributed by atoms with Gasteiger partial charge < -0.3 is 15.3 Å². The van der Waals surface area contributed by atoms with E-state index < -0.39 is 11.4 Å². The van der Waals surface area contributed by atoms with Gasteiger partial charge in [-0.1, -0.05) is 12.1 Å². The molecular weight excluding hydrogens is 196 g/mol. The van der Waals surface area contributed by atoms with E-state index in [9.17, 15) is 9.90 Å². The van der Waals surface area contributed by atoms with Crippen LogP contribution in [-0.2, 0) is 4.79 Å². The van der Waals surface area contributed by atoms with Gasteiger partial charge in [0.25, 0.3) is 0 Å². The molecule has 0 aromatic heterocycles. The molecule has 0 aliphatic heterocycles. The highest BCUT2D eigenvalue weighted by molar-refractivity contribution is 5.80. The van der Waals surface area contributed by atoms with Crippen LogP contribution in [0.25, 0.3) is 0 Å². The number of carboxylic acid groups (broad SMARTS) is 1. The van der Waals surface area contributed by atoms with Gasteiger partial charge in [-0.15, -0.1) is 0 Å². The highest BCUT2D eigenvalue weighted by Crippen LogP contribution is 2.59. The summed E-state index contributed by atoms with van der Waals surface area (Å²) in [7, 11) is 0. The SMILES string of the molecule is O=C(O)C1(CO)CC1c1cccc(O)c1. The van der Waals surface area contributed by atoms with E-state index in [1.54, 1.807) is 18.2 Å². The summed E-state index contributed by atoms with van der Waals surface area (Å²) in [4.78, 5) is 11.0. The Morgan fingerprint density at radius 1 is 1.53 bits per heavy atom. The minimum atomic E-state index is -1.03. The molecule has 4 heteroatoms. The lowest BCUT2D eigenvalue weighted by molar-refractivity contribution is -0.145. The molecule has 80 valence electrons. The quantitative estimate of drug-likeness (QED) is 0.690. The maximum Gasteiger partial charge on any atom is 0.312 e. The van der Waals surface area contributed by atoms with E-state index in [-0.39, 0.29) is 18.3 Å². The van der Waals surface area contributed by atoms with Crippen LogP contribution in [0.2, 0.25) is 0 Å². The fraction of sp³-hybridized carbons (Fsp3) is 0.364. The summed E-state index contributed by atoms with van der Waals surface area (Å²) >= 11 is 0. The Bertz CT molecular complexity index is 401. The second kappa shape index (κ2) is 3.24. The van der Waals surface area contributed by atoms with Gasteiger partial charge >= 0.3 is 5.97 Å². The monoisotopic (exact) mass is 208 g/mol. The Morgan fingerprint density at radius 2 is 2.27 bits per heavy atom. The number of aliphatic carboxylic acids is 1. The molecule has 3 N–H and O–H groups in total. The number of phenolic OH excluding ortho intramolecular Hbond substituents is 1. The maximum absolute atomic E-state index is 11.0. The lowest BCUT2D eigenvalue weighted by atomic mass is 10.00. The van der Waals surface area contributed by atoms with Crippen molar-refractivity contribution in [2.24, 2.45) is 5.41 Å². The minimum absolute atomic E-state index is 0.122. The average molecular weight is 208 g/mol. The molecule has 1 saturated carbocycles. The zero-order valence-electron chi connectivity index (χ0n) is 8.05. The molecule has 0 heterocycles. The number of hydrogen-bond acceptors (Lipinski definition) is 3. The van der Waals surface area contributed by atoms with Crippen molar-refractivity contribution >= 4 is 5.97 Å². The number of rotatable bonds is 3. The van der Waals surface area contributed by atoms with Crippen molar-refractivity contribution in [3.05, 3.63) is 29.8 Å². The molecule has 0 radical (unpaired) electrons. The number of aromatic hydroxyl groups is 1. The molecule has 1 aliphatic carbocycles. The summed E-state index contributed by atoms with van der Waals surface area (Å²) in [6.45, 7) is -0.358. The molecule has 0 amide bonds. The largest absolute Gasteiger partial charge is 0.508 e. The molecular formula is C11H12O4. The number of carboxylic acids is 1. The van der Waals surface area contributed by atoms with Crippen LogP contribution in [0.15, 0.2) is 24.3 Å². The first kappa shape index (κ1) is 9.98. The van der Waals surface area contributed by atoms with E-state index >= 15 is 0 Å². The van der Waals surface area contributed by atoms with Crippen molar-refractivity contribution < 1.29 is 20.1 Å². The third-order valence-corrected chi connectivity index (χ3v) is 3.06. The number of carbonyl (C=O) groups is 1. The van der Waals surface area contributed by atoms with Crippen LogP contribution in [0.4, 0.5) is 0 Å². The molecule has 2 atom stereocenters. The highest BCUT2D eigenvalue weighted by atomic mass is 16.4. The van der Waals surface area contributed by atoms with E-state index in [1.807, 2.05) is 0 Å². The van der Waals surface area contributed by atoms with Crippen LogP contribution in [-0.4, -0.2) is 27.9 Å². The third kappa shape index (κ3) is 1.47. The van der Waals surface area contributed by atoms with Gasteiger partial charge in [0.15, 0.2) is 0 Å². The van der Waals surface area contributed by atoms with Crippen molar-refractivity contribution in [2.45, 2.75) is 12.3 Å². The lowest BCUT2D eigenvalue weighted by Crippen LogP contribution is -2.21. The van der Waals surface area contributed by atoms with E-state index in [2.05, 4.69) is 0 Å². The first-order valence-corrected chi connectivity index (χ1v) is 4.73. The maximum atomic E-state index is 11.0. The van der Waals surface area contributed by atoms with Crippen molar-refractivity contribution in [3.63, 3.8) is 0 Å². The molecule has 1 aromatic rings. The van der Waals surface area contributed by atoms with Crippen molar-refractivity contribution in [3.8, 4) is 5.75 Å². The fourth-order valence-corrected chi connectivity index (χ4v) is 1.96. The van der Waals surface area contributed by atoms with Crippen LogP contribution in [0, 0.1) is 5.41 Å². The standard InChI is InChI=1S/C11H12O4/c12-6-11(10(14)15)5-9(11)7-2-1-3-8(13)4-7/h1-4,9,12-13H,5-6H2,(H,14,15). The van der Waals surface area contributed by atoms with Gasteiger partial charge in [-0.05, 0) is 24.1 Å². The van der Waals surface area contributed by atoms with E-state index in [0.717, 1.165) is 5.56 Å². The number of aliphatic hydroxyl groups excluding tert-OH is 1. The Kier molecular flexibility index (Phi) is 2.16. The zero-order valence-corrected chi connectivity index (χ0v) is 8.05. The summed E-state index contributed by atoms with van der Waals surface area (Å²) in [6.07, 6.45) is 0.433. The molecule has 0 spiro atoms. The van der Waals surface area contributed by atoms with Crippen molar-refractivity contribution in [1.82, 2.24) is 0 Å². The number of hydrogen-bond donors (Lipinski definition) is 3. The Morgan fingerprint density at radius 3 is 2.73 bits per heavy atom. The second-order valence-electron chi connectivity index (χ2n) is 3.97. The Labute approximate surface area is 86.8 Å². The molecule has 1 aliphatic rings. The predicted molar refractivity (Wildman–Crippen MR) is 52.6 cm³/mol. The van der Waals surface area contributed by atoms with Crippen LogP contribution in [0.5, 0.6) is 5.75 Å². The fourth-order valence-electron chi connectivity index (χ4n) is 1.96. The van der Waals surface area contributed by atoms with Crippen molar-refractivity contribution in [1.29, 1.82) is 0 Å². The van der Waals surface area contributed by atoms with Gasteiger partial charge in [-0.3, -0.25) is 4.79 Å². The molecule has 0 saturated heterocycles. The molecule has 2 rings (SSSR count). The van der Waals surface area contributed by atoms with Gasteiger partial charge in [0, 0.05) is 5.92 Å². The van der Waals surface area contributed by atoms with Gasteiger partial charge in [-0.2, -0.15) is 0 Å². The first-order valence-electron chi connectivity index (χ1n) is 4.73. The van der Waals surface area contributed by atoms with Crippen LogP contribution < -0.4 is 0 Å². The van der Waals surface area contributed by atoms with E-state index in [0.29, 0.717) is 6.42 Å². The summed E-state index contributed by atoms with van der Waals surface area (Å²) in [5.74, 6) is -1.04. The van der Waals surface area contributed by atoms with Crippen LogP contribution in [0.3, 0.4) is 0 Å². The first-order chi connectivity index (χ1) is 7.10. The Balaban J connectivity index is 2.26. The summed E-state index contributed by atoms with van der Waals surface area (Å²) in [5.41, 5.74) is -0.264. The van der Waals surface area contributed by atoms with Crippen LogP contribution >= 0.6 is 0 Å². The van der Waals surface area contributed by atoms with Gasteiger partial charge in [0.1, 0.15) is 5.75 Å². The number of aliphatic hydroxyl groups is 1. The molecule has 0 bridgehead atoms. The summed E-state index contributed by atoms with van der Waals surface area (Å²) < 4.78 is 0. The second-order valence-corrected chi connectivity index (χ2v) is 3.97. The molecule has 1 aromatic carbocycles. The smallest absolute Gasteiger partial charge is 0.312 e. The molecule has 4 nitrogen and oxygen atoms in total. The normalized spacial score (nSPS) is 28.7. The topological polar surface area (TPSA) is 77.8 Å². The van der Waals surface area contributed by atoms with Crippen LogP contribution in [0.1, 0.15) is 17.9 Å². The number of phenols is 1. The summed E-state index contributed by atoms with van der Waals surface area (Å²) in [6, 6.07) is 6.52. The van der Waals surface area contributed by atoms with Gasteiger partial charge in [0.2, 0.25) is 0 Å². The lowest BCUT2D eigenvalue weighted by Gasteiger charge is -2.08. The van der Waals surface area contributed by atoms with Crippen molar-refractivity contribution in [2.75, 3.05) is 6.61 Å². The third-order valence-electron chi connectivity index (χ3n) is 3.06. The zero-order chi connectivity index (χ0) is 11.1. The number of benzene rings is 1. The van der Waals surface area contributed by atoms with E-state index in [1.165, 1.54) is 6.07 Å². The highest BCUT2D eigenvalue weighted by Gasteiger charge is 2.60. The van der Waals surface area contributed by atoms with Gasteiger partial charge in [0.05, 0.1) is 12.0 Å². The minimum Gasteiger partial charge on any atom is -0.508 e. The van der Waals surface area contributed by atoms with E-state index in [4.69, 9.17) is 10.2 Å². The Hall–Kier alpha value is -1.55. The molecule has 15 heavy (non-hydrogen) atoms. The predicted octanol–water partition coefficient (Wildman–Crippen LogP) is 0.943. The molecule has 1 fully saturated rings. The average Bonchev–Trinajstić information content (AvgIpc) is 2.93. The molecule has 2 unspecified atom stereocenters. The van der Waals surface area contributed by atoms with Gasteiger partial charge in [-0.25, -0.2) is 0 Å².